The summed E-state index contributed by atoms with van der Waals surface area (Å²) < 4.78 is 0. The van der Waals surface area contributed by atoms with Crippen LogP contribution in [0.4, 0.5) is 0 Å². The van der Waals surface area contributed by atoms with Gasteiger partial charge < -0.3 is 20.0 Å². The third-order valence-corrected chi connectivity index (χ3v) is 12.4. The van der Waals surface area contributed by atoms with Gasteiger partial charge in [0.2, 0.25) is 11.8 Å². The predicted molar refractivity (Wildman–Crippen MR) is 131 cm³/mol. The molecule has 192 valence electrons. The van der Waals surface area contributed by atoms with Crippen LogP contribution in [-0.4, -0.2) is 70.2 Å². The molecule has 0 heterocycles. The Morgan fingerprint density at radius 2 is 1.03 bits per heavy atom. The summed E-state index contributed by atoms with van der Waals surface area (Å²) in [6.07, 6.45) is 7.64. The monoisotopic (exact) mass is 474 g/mol. The average Bonchev–Trinajstić information content (AvgIpc) is 3.36. The highest BCUT2D eigenvalue weighted by molar-refractivity contribution is 5.87. The molecule has 0 aromatic rings. The van der Waals surface area contributed by atoms with Gasteiger partial charge in [-0.1, -0.05) is 40.5 Å². The van der Waals surface area contributed by atoms with E-state index in [9.17, 15) is 19.8 Å². The van der Waals surface area contributed by atoms with Gasteiger partial charge in [-0.3, -0.25) is 9.59 Å². The van der Waals surface area contributed by atoms with E-state index in [0.717, 1.165) is 64.2 Å². The molecule has 6 nitrogen and oxygen atoms in total. The predicted octanol–water partition coefficient (Wildman–Crippen LogP) is 3.59. The molecule has 34 heavy (non-hydrogen) atoms. The second-order valence-corrected chi connectivity index (χ2v) is 13.6. The molecule has 2 N–H and O–H groups in total. The number of aliphatic hydroxyl groups excluding tert-OH is 2. The number of likely N-dealkylation sites (N-methyl/N-ethyl adjacent to an activating group) is 2. The Bertz CT molecular complexity index is 800. The van der Waals surface area contributed by atoms with Crippen molar-refractivity contribution in [3.63, 3.8) is 0 Å². The van der Waals surface area contributed by atoms with Gasteiger partial charge in [0.05, 0.1) is 35.1 Å². The quantitative estimate of drug-likeness (QED) is 0.653. The first-order valence-electron chi connectivity index (χ1n) is 13.7. The Morgan fingerprint density at radius 3 is 1.29 bits per heavy atom. The van der Waals surface area contributed by atoms with Gasteiger partial charge in [-0.25, -0.2) is 0 Å². The van der Waals surface area contributed by atoms with Crippen molar-refractivity contribution in [2.45, 2.75) is 116 Å². The van der Waals surface area contributed by atoms with Crippen molar-refractivity contribution < 1.29 is 19.8 Å². The van der Waals surface area contributed by atoms with Crippen LogP contribution in [-0.2, 0) is 9.59 Å². The summed E-state index contributed by atoms with van der Waals surface area (Å²) in [5.41, 5.74) is -1.84. The largest absolute Gasteiger partial charge is 0.392 e. The van der Waals surface area contributed by atoms with Crippen LogP contribution < -0.4 is 0 Å². The zero-order valence-corrected chi connectivity index (χ0v) is 22.1. The molecule has 0 radical (unpaired) electrons. The molecule has 5 rings (SSSR count). The molecular weight excluding hydrogens is 428 g/mol. The van der Waals surface area contributed by atoms with Crippen LogP contribution in [0.25, 0.3) is 0 Å². The van der Waals surface area contributed by atoms with Crippen LogP contribution >= 0.6 is 0 Å². The number of fused-ring (bicyclic) bond motifs is 4. The lowest BCUT2D eigenvalue weighted by atomic mass is 9.66. The molecule has 5 fully saturated rings. The van der Waals surface area contributed by atoms with E-state index in [1.165, 1.54) is 0 Å². The van der Waals surface area contributed by atoms with Gasteiger partial charge in [-0.15, -0.1) is 0 Å². The minimum absolute atomic E-state index is 0.0533. The molecule has 4 bridgehead atoms. The first-order valence-corrected chi connectivity index (χ1v) is 13.7. The van der Waals surface area contributed by atoms with Gasteiger partial charge in [0, 0.05) is 14.1 Å². The summed E-state index contributed by atoms with van der Waals surface area (Å²) >= 11 is 0. The van der Waals surface area contributed by atoms with Crippen LogP contribution in [0, 0.1) is 33.5 Å². The normalized spacial score (nSPS) is 46.0. The molecule has 5 aliphatic carbocycles. The van der Waals surface area contributed by atoms with Crippen molar-refractivity contribution in [1.29, 1.82) is 0 Å². The highest BCUT2D eigenvalue weighted by Crippen LogP contribution is 2.67. The minimum Gasteiger partial charge on any atom is -0.392 e. The number of nitrogens with zero attached hydrogens (tertiary/aromatic N) is 2. The fourth-order valence-corrected chi connectivity index (χ4v) is 9.83. The number of amides is 2. The highest BCUT2D eigenvalue weighted by atomic mass is 16.3. The number of hydrogen-bond donors (Lipinski definition) is 2. The van der Waals surface area contributed by atoms with Crippen LogP contribution in [0.15, 0.2) is 0 Å². The molecule has 0 aromatic carbocycles. The van der Waals surface area contributed by atoms with Gasteiger partial charge >= 0.3 is 0 Å². The smallest absolute Gasteiger partial charge is 0.232 e. The van der Waals surface area contributed by atoms with E-state index < -0.39 is 23.0 Å². The summed E-state index contributed by atoms with van der Waals surface area (Å²) in [5.74, 6) is 0.935. The van der Waals surface area contributed by atoms with Crippen molar-refractivity contribution in [3.05, 3.63) is 0 Å². The molecule has 5 saturated carbocycles. The van der Waals surface area contributed by atoms with Gasteiger partial charge in [0.15, 0.2) is 0 Å². The topological polar surface area (TPSA) is 81.1 Å². The van der Waals surface area contributed by atoms with Crippen LogP contribution in [0.1, 0.15) is 91.9 Å². The molecule has 0 spiro atoms. The summed E-state index contributed by atoms with van der Waals surface area (Å²) in [7, 11) is 3.82. The molecule has 0 saturated heterocycles. The maximum atomic E-state index is 14.1. The number of aliphatic hydroxyl groups is 2. The van der Waals surface area contributed by atoms with E-state index in [1.807, 2.05) is 23.9 Å². The second-order valence-electron chi connectivity index (χ2n) is 13.6. The van der Waals surface area contributed by atoms with E-state index in [0.29, 0.717) is 11.8 Å². The lowest BCUT2D eigenvalue weighted by molar-refractivity contribution is -0.164. The standard InChI is InChI=1S/C28H46N2O4/c1-25(2)17-11-13-27(25,21(31)15-17)23(33)29(5)19-9-7-8-10-20(19)30(6)24(34)28-14-12-18(16-22(28)32)26(28,3)4/h17-22,31-32H,7-16H2,1-6H3/t17-,18-,19+,20+,21-,22-,27+,28+/m1/s1. The lowest BCUT2D eigenvalue weighted by Gasteiger charge is -2.50. The fraction of sp³-hybridized carbons (Fsp3) is 0.929. The summed E-state index contributed by atoms with van der Waals surface area (Å²) in [6, 6.07) is -0.107. The molecule has 5 aliphatic rings. The minimum atomic E-state index is -0.710. The van der Waals surface area contributed by atoms with E-state index in [1.54, 1.807) is 0 Å². The van der Waals surface area contributed by atoms with Gasteiger partial charge in [-0.2, -0.15) is 0 Å². The molecule has 6 heteroatoms. The van der Waals surface area contributed by atoms with Gasteiger partial charge in [0.25, 0.3) is 0 Å². The van der Waals surface area contributed by atoms with Crippen LogP contribution in [0.2, 0.25) is 0 Å². The van der Waals surface area contributed by atoms with Gasteiger partial charge in [0.1, 0.15) is 0 Å². The zero-order chi connectivity index (χ0) is 24.8. The number of hydrogen-bond acceptors (Lipinski definition) is 4. The molecule has 2 amide bonds. The van der Waals surface area contributed by atoms with E-state index in [2.05, 4.69) is 27.7 Å². The zero-order valence-electron chi connectivity index (χ0n) is 22.1. The maximum Gasteiger partial charge on any atom is 0.232 e. The Labute approximate surface area is 205 Å². The SMILES string of the molecule is CN(C(=O)[C@]12CC[C@H](C[C@H]1O)C2(C)C)[C@H]1CCCC[C@@H]1N(C)C(=O)[C@]12CC[C@H](C[C@H]1O)C2(C)C. The number of rotatable bonds is 4. The fourth-order valence-electron chi connectivity index (χ4n) is 9.83. The van der Waals surface area contributed by atoms with E-state index in [-0.39, 0.29) is 34.7 Å². The molecule has 0 aromatic heterocycles. The van der Waals surface area contributed by atoms with Crippen molar-refractivity contribution in [3.8, 4) is 0 Å². The highest BCUT2D eigenvalue weighted by Gasteiger charge is 2.70. The number of carbonyl (C=O) groups is 2. The van der Waals surface area contributed by atoms with Crippen LogP contribution in [0.3, 0.4) is 0 Å². The van der Waals surface area contributed by atoms with E-state index in [4.69, 9.17) is 0 Å². The molecule has 0 unspecified atom stereocenters. The van der Waals surface area contributed by atoms with Crippen molar-refractivity contribution in [1.82, 2.24) is 9.80 Å². The lowest BCUT2D eigenvalue weighted by Crippen LogP contribution is -2.62. The third-order valence-electron chi connectivity index (χ3n) is 12.4. The molecule has 0 aliphatic heterocycles. The Hall–Kier alpha value is -1.14. The third kappa shape index (κ3) is 2.76. The Morgan fingerprint density at radius 1 is 0.676 bits per heavy atom. The average molecular weight is 475 g/mol. The summed E-state index contributed by atoms with van der Waals surface area (Å²) in [4.78, 5) is 32.1. The van der Waals surface area contributed by atoms with Gasteiger partial charge in [-0.05, 0) is 74.0 Å². The molecule has 8 atom stereocenters. The van der Waals surface area contributed by atoms with Crippen LogP contribution in [0.5, 0.6) is 0 Å². The Balaban J connectivity index is 1.42. The molecular formula is C28H46N2O4. The van der Waals surface area contributed by atoms with Crippen molar-refractivity contribution >= 4 is 11.8 Å². The van der Waals surface area contributed by atoms with Crippen molar-refractivity contribution in [2.24, 2.45) is 33.5 Å². The summed E-state index contributed by atoms with van der Waals surface area (Å²) in [5, 5.41) is 22.1. The second kappa shape index (κ2) is 7.68. The Kier molecular flexibility index (Phi) is 5.54. The first-order chi connectivity index (χ1) is 15.8. The van der Waals surface area contributed by atoms with Crippen molar-refractivity contribution in [2.75, 3.05) is 14.1 Å². The summed E-state index contributed by atoms with van der Waals surface area (Å²) in [6.45, 7) is 8.67. The maximum absolute atomic E-state index is 14.1. The number of carbonyl (C=O) groups excluding carboxylic acids is 2. The first kappa shape index (κ1) is 24.5. The van der Waals surface area contributed by atoms with E-state index >= 15 is 0 Å².